The second-order valence-electron chi connectivity index (χ2n) is 2.29. The Morgan fingerprint density at radius 1 is 1.57 bits per heavy atom. The summed E-state index contributed by atoms with van der Waals surface area (Å²) < 4.78 is 5.78. The van der Waals surface area contributed by atoms with Crippen LogP contribution in [0, 0.1) is 4.91 Å². The molecule has 1 aromatic heterocycles. The lowest BCUT2D eigenvalue weighted by Crippen LogP contribution is -2.20. The number of nitroso groups, excluding NO2 is 1. The maximum atomic E-state index is 11.3. The predicted molar refractivity (Wildman–Crippen MR) is 49.5 cm³/mol. The molecule has 0 bridgehead atoms. The smallest absolute Gasteiger partial charge is 0.300 e. The first kappa shape index (κ1) is 12.0. The van der Waals surface area contributed by atoms with E-state index in [2.05, 4.69) is 10.2 Å². The van der Waals surface area contributed by atoms with E-state index in [4.69, 9.17) is 10.5 Å². The molecule has 78 valence electrons. The van der Waals surface area contributed by atoms with Crippen molar-refractivity contribution in [3.63, 3.8) is 0 Å². The van der Waals surface area contributed by atoms with Crippen molar-refractivity contribution in [1.29, 1.82) is 0 Å². The van der Waals surface area contributed by atoms with Gasteiger partial charge in [0, 0.05) is 7.05 Å². The molecule has 0 spiro atoms. The summed E-state index contributed by atoms with van der Waals surface area (Å²) in [6, 6.07) is 0.0369. The number of aromatic nitrogens is 2. The van der Waals surface area contributed by atoms with E-state index in [1.807, 2.05) is 0 Å². The van der Waals surface area contributed by atoms with Gasteiger partial charge in [-0.05, 0) is 5.18 Å². The van der Waals surface area contributed by atoms with Gasteiger partial charge < -0.3 is 15.9 Å². The highest BCUT2D eigenvalue weighted by Gasteiger charge is 2.12. The third-order valence-electron chi connectivity index (χ3n) is 1.53. The summed E-state index contributed by atoms with van der Waals surface area (Å²) in [4.78, 5) is 25.1. The van der Waals surface area contributed by atoms with Gasteiger partial charge >= 0.3 is 6.01 Å². The highest BCUT2D eigenvalue weighted by Crippen LogP contribution is 2.16. The molecule has 0 aliphatic heterocycles. The quantitative estimate of drug-likeness (QED) is 0.611. The molecule has 0 aromatic carbocycles. The molecule has 0 radical (unpaired) electrons. The van der Waals surface area contributed by atoms with Gasteiger partial charge in [0.2, 0.25) is 5.69 Å². The Bertz CT molecular complexity index is 400. The standard InChI is InChI=1S/C6H8N4O3.H2O/c1-10-5(11)3(9-12)4(7)8-6(10)13-2;/h7H2,1-2H3;1H2. The van der Waals surface area contributed by atoms with Gasteiger partial charge in [-0.25, -0.2) is 0 Å². The van der Waals surface area contributed by atoms with Gasteiger partial charge in [0.25, 0.3) is 5.56 Å². The molecule has 8 heteroatoms. The van der Waals surface area contributed by atoms with Crippen molar-refractivity contribution in [2.24, 2.45) is 12.2 Å². The molecule has 1 rings (SSSR count). The van der Waals surface area contributed by atoms with Crippen molar-refractivity contribution in [1.82, 2.24) is 9.55 Å². The number of nitrogen functional groups attached to an aromatic ring is 1. The maximum Gasteiger partial charge on any atom is 0.300 e. The minimum Gasteiger partial charge on any atom is -0.468 e. The molecule has 0 aliphatic rings. The lowest BCUT2D eigenvalue weighted by molar-refractivity contribution is 0.358. The zero-order valence-corrected chi connectivity index (χ0v) is 7.64. The summed E-state index contributed by atoms with van der Waals surface area (Å²) >= 11 is 0. The topological polar surface area (TPSA) is 131 Å². The highest BCUT2D eigenvalue weighted by atomic mass is 16.5. The third-order valence-corrected chi connectivity index (χ3v) is 1.53. The van der Waals surface area contributed by atoms with E-state index in [-0.39, 0.29) is 17.3 Å². The average molecular weight is 202 g/mol. The molecular formula is C6H10N4O4. The van der Waals surface area contributed by atoms with Crippen molar-refractivity contribution >= 4 is 11.5 Å². The summed E-state index contributed by atoms with van der Waals surface area (Å²) in [5.41, 5.74) is 4.25. The Labute approximate surface area is 78.6 Å². The first-order valence-corrected chi connectivity index (χ1v) is 3.35. The van der Waals surface area contributed by atoms with E-state index in [1.54, 1.807) is 0 Å². The van der Waals surface area contributed by atoms with Crippen LogP contribution in [0.4, 0.5) is 11.5 Å². The predicted octanol–water partition coefficient (Wildman–Crippen LogP) is -1.06. The number of anilines is 1. The molecule has 0 atom stereocenters. The van der Waals surface area contributed by atoms with E-state index < -0.39 is 11.2 Å². The number of hydrogen-bond acceptors (Lipinski definition) is 6. The number of hydrogen-bond donors (Lipinski definition) is 1. The van der Waals surface area contributed by atoms with Crippen LogP contribution in [0.15, 0.2) is 9.97 Å². The number of nitrogens with zero attached hydrogens (tertiary/aromatic N) is 3. The molecule has 0 unspecified atom stereocenters. The first-order valence-electron chi connectivity index (χ1n) is 3.35. The fourth-order valence-electron chi connectivity index (χ4n) is 0.855. The van der Waals surface area contributed by atoms with Crippen LogP contribution < -0.4 is 16.0 Å². The van der Waals surface area contributed by atoms with E-state index in [9.17, 15) is 9.70 Å². The normalized spacial score (nSPS) is 9.00. The van der Waals surface area contributed by atoms with Crippen LogP contribution in [0.1, 0.15) is 0 Å². The summed E-state index contributed by atoms with van der Waals surface area (Å²) in [5.74, 6) is -0.227. The van der Waals surface area contributed by atoms with Crippen molar-refractivity contribution < 1.29 is 10.2 Å². The molecule has 8 nitrogen and oxygen atoms in total. The van der Waals surface area contributed by atoms with Crippen molar-refractivity contribution in [2.75, 3.05) is 12.8 Å². The highest BCUT2D eigenvalue weighted by molar-refractivity contribution is 5.55. The van der Waals surface area contributed by atoms with Gasteiger partial charge in [0.15, 0.2) is 5.82 Å². The number of methoxy groups -OCH3 is 1. The van der Waals surface area contributed by atoms with Crippen LogP contribution in [-0.2, 0) is 7.05 Å². The second kappa shape index (κ2) is 4.33. The van der Waals surface area contributed by atoms with E-state index in [0.29, 0.717) is 0 Å². The van der Waals surface area contributed by atoms with Crippen LogP contribution in [-0.4, -0.2) is 22.1 Å². The average Bonchev–Trinajstić information content (AvgIpc) is 2.12. The van der Waals surface area contributed by atoms with Gasteiger partial charge in [-0.3, -0.25) is 9.36 Å². The maximum absolute atomic E-state index is 11.3. The molecule has 0 fully saturated rings. The van der Waals surface area contributed by atoms with Crippen LogP contribution in [0.2, 0.25) is 0 Å². The molecular weight excluding hydrogens is 192 g/mol. The minimum absolute atomic E-state index is 0. The SMILES string of the molecule is COc1nc(N)c(N=O)c(=O)n1C.O. The van der Waals surface area contributed by atoms with Crippen molar-refractivity contribution in [2.45, 2.75) is 0 Å². The monoisotopic (exact) mass is 202 g/mol. The third kappa shape index (κ3) is 1.69. The molecule has 1 heterocycles. The lowest BCUT2D eigenvalue weighted by Gasteiger charge is -2.05. The molecule has 0 amide bonds. The van der Waals surface area contributed by atoms with Crippen LogP contribution >= 0.6 is 0 Å². The molecule has 0 saturated heterocycles. The van der Waals surface area contributed by atoms with Crippen LogP contribution in [0.25, 0.3) is 0 Å². The molecule has 4 N–H and O–H groups in total. The fraction of sp³-hybridized carbons (Fsp3) is 0.333. The summed E-state index contributed by atoms with van der Waals surface area (Å²) in [6.45, 7) is 0. The van der Waals surface area contributed by atoms with E-state index in [1.165, 1.54) is 14.2 Å². The zero-order valence-electron chi connectivity index (χ0n) is 7.64. The van der Waals surface area contributed by atoms with E-state index in [0.717, 1.165) is 4.57 Å². The summed E-state index contributed by atoms with van der Waals surface area (Å²) in [5, 5.41) is 2.48. The minimum atomic E-state index is -0.626. The molecule has 1 aromatic rings. The number of rotatable bonds is 2. The zero-order chi connectivity index (χ0) is 10.0. The second-order valence-corrected chi connectivity index (χ2v) is 2.29. The fourth-order valence-corrected chi connectivity index (χ4v) is 0.855. The Morgan fingerprint density at radius 2 is 2.14 bits per heavy atom. The first-order chi connectivity index (χ1) is 6.11. The van der Waals surface area contributed by atoms with Gasteiger partial charge in [0.05, 0.1) is 7.11 Å². The van der Waals surface area contributed by atoms with Gasteiger partial charge in [-0.2, -0.15) is 4.98 Å². The molecule has 0 aliphatic carbocycles. The summed E-state index contributed by atoms with van der Waals surface area (Å²) in [7, 11) is 2.75. The summed E-state index contributed by atoms with van der Waals surface area (Å²) in [6.07, 6.45) is 0. The Morgan fingerprint density at radius 3 is 2.57 bits per heavy atom. The largest absolute Gasteiger partial charge is 0.468 e. The Balaban J connectivity index is 0.00000169. The number of nitrogens with two attached hydrogens (primary N) is 1. The molecule has 14 heavy (non-hydrogen) atoms. The van der Waals surface area contributed by atoms with Gasteiger partial charge in [-0.15, -0.1) is 4.91 Å². The van der Waals surface area contributed by atoms with Gasteiger partial charge in [-0.1, -0.05) is 0 Å². The van der Waals surface area contributed by atoms with E-state index >= 15 is 0 Å². The number of ether oxygens (including phenoxy) is 1. The Kier molecular flexibility index (Phi) is 3.72. The van der Waals surface area contributed by atoms with Gasteiger partial charge in [0.1, 0.15) is 0 Å². The lowest BCUT2D eigenvalue weighted by atomic mass is 10.5. The van der Waals surface area contributed by atoms with Crippen molar-refractivity contribution in [3.8, 4) is 6.01 Å². The Hall–Kier alpha value is -1.96. The van der Waals surface area contributed by atoms with Crippen LogP contribution in [0.3, 0.4) is 0 Å². The van der Waals surface area contributed by atoms with Crippen LogP contribution in [0.5, 0.6) is 6.01 Å². The molecule has 0 saturated carbocycles. The van der Waals surface area contributed by atoms with Crippen molar-refractivity contribution in [3.05, 3.63) is 15.3 Å².